The van der Waals surface area contributed by atoms with Gasteiger partial charge in [-0.25, -0.2) is 4.79 Å². The number of methoxy groups -OCH3 is 1. The minimum atomic E-state index is -0.589. The number of carbonyl (C=O) groups excluding carboxylic acids is 2. The molecule has 2 saturated heterocycles. The lowest BCUT2D eigenvalue weighted by Crippen LogP contribution is -2.65. The average molecular weight is 361 g/mol. The fourth-order valence-corrected chi connectivity index (χ4v) is 4.30. The molecule has 3 rings (SSSR count). The van der Waals surface area contributed by atoms with E-state index in [9.17, 15) is 9.59 Å². The third-order valence-electron chi connectivity index (χ3n) is 5.10. The number of amides is 3. The number of carbonyl (C=O) groups is 2. The Bertz CT molecular complexity index is 477. The highest BCUT2D eigenvalue weighted by molar-refractivity contribution is 6.21. The van der Waals surface area contributed by atoms with Gasteiger partial charge in [0, 0.05) is 20.3 Å². The van der Waals surface area contributed by atoms with Crippen LogP contribution in [0.3, 0.4) is 0 Å². The molecule has 0 aromatic rings. The van der Waals surface area contributed by atoms with Crippen LogP contribution in [0.25, 0.3) is 0 Å². The fourth-order valence-electron chi connectivity index (χ4n) is 3.83. The van der Waals surface area contributed by atoms with E-state index in [2.05, 4.69) is 10.6 Å². The van der Waals surface area contributed by atoms with Crippen molar-refractivity contribution >= 4 is 23.5 Å². The van der Waals surface area contributed by atoms with Crippen LogP contribution in [-0.4, -0.2) is 56.1 Å². The largest absolute Gasteiger partial charge is 0.385 e. The Morgan fingerprint density at radius 2 is 2.04 bits per heavy atom. The summed E-state index contributed by atoms with van der Waals surface area (Å²) in [4.78, 5) is 23.4. The molecule has 3 aliphatic rings. The van der Waals surface area contributed by atoms with Gasteiger partial charge in [-0.05, 0) is 38.0 Å². The van der Waals surface area contributed by atoms with Gasteiger partial charge in [-0.2, -0.15) is 0 Å². The molecule has 0 bridgehead atoms. The zero-order chi connectivity index (χ0) is 17.1. The number of nitrogens with one attached hydrogen (secondary N) is 2. The molecule has 0 aromatic carbocycles. The van der Waals surface area contributed by atoms with Crippen molar-refractivity contribution in [3.05, 3.63) is 0 Å². The van der Waals surface area contributed by atoms with E-state index in [-0.39, 0.29) is 35.3 Å². The molecular weight excluding hydrogens is 336 g/mol. The van der Waals surface area contributed by atoms with Gasteiger partial charge in [0.25, 0.3) is 0 Å². The lowest BCUT2D eigenvalue weighted by atomic mass is 9.76. The predicted molar refractivity (Wildman–Crippen MR) is 86.7 cm³/mol. The first kappa shape index (κ1) is 17.9. The van der Waals surface area contributed by atoms with Gasteiger partial charge in [0.05, 0.1) is 23.5 Å². The predicted octanol–water partition coefficient (Wildman–Crippen LogP) is 1.39. The number of hydrogen-bond donors (Lipinski definition) is 2. The van der Waals surface area contributed by atoms with Gasteiger partial charge >= 0.3 is 6.03 Å². The molecule has 2 heterocycles. The maximum Gasteiger partial charge on any atom is 0.323 e. The van der Waals surface area contributed by atoms with E-state index >= 15 is 0 Å². The van der Waals surface area contributed by atoms with Gasteiger partial charge in [0.2, 0.25) is 5.91 Å². The van der Waals surface area contributed by atoms with Crippen molar-refractivity contribution in [2.24, 2.45) is 11.8 Å². The summed E-state index contributed by atoms with van der Waals surface area (Å²) < 4.78 is 17.0. The third-order valence-corrected chi connectivity index (χ3v) is 5.63. The standard InChI is InChI=1S/C16H25ClN2O5/c1-22-6-2-3-7-23-11-5-4-9-8-10-14(20)18-16(21)19-15(10)24-13(9)12(11)17/h9-13,15H,2-8H2,1H3,(H2,18,19,20,21). The zero-order valence-electron chi connectivity index (χ0n) is 13.8. The summed E-state index contributed by atoms with van der Waals surface area (Å²) in [5, 5.41) is 4.71. The number of alkyl halides is 1. The summed E-state index contributed by atoms with van der Waals surface area (Å²) in [5.74, 6) is -0.369. The van der Waals surface area contributed by atoms with Gasteiger partial charge in [0.15, 0.2) is 0 Å². The molecule has 136 valence electrons. The Balaban J connectivity index is 1.54. The molecule has 7 nitrogen and oxygen atoms in total. The van der Waals surface area contributed by atoms with E-state index in [0.717, 1.165) is 32.3 Å². The van der Waals surface area contributed by atoms with Crippen molar-refractivity contribution in [2.75, 3.05) is 20.3 Å². The van der Waals surface area contributed by atoms with E-state index in [4.69, 9.17) is 25.8 Å². The van der Waals surface area contributed by atoms with Crippen molar-refractivity contribution < 1.29 is 23.8 Å². The molecular formula is C16H25ClN2O5. The quantitative estimate of drug-likeness (QED) is 0.552. The van der Waals surface area contributed by atoms with E-state index in [0.29, 0.717) is 13.0 Å². The molecule has 1 aliphatic carbocycles. The maximum absolute atomic E-state index is 12.0. The van der Waals surface area contributed by atoms with Crippen LogP contribution in [0.5, 0.6) is 0 Å². The molecule has 2 aliphatic heterocycles. The van der Waals surface area contributed by atoms with Gasteiger partial charge in [-0.3, -0.25) is 10.1 Å². The number of hydrogen-bond acceptors (Lipinski definition) is 5. The summed E-state index contributed by atoms with van der Waals surface area (Å²) in [5.41, 5.74) is 0. The Kier molecular flexibility index (Phi) is 5.97. The minimum absolute atomic E-state index is 0.0554. The van der Waals surface area contributed by atoms with Gasteiger partial charge in [-0.15, -0.1) is 11.6 Å². The van der Waals surface area contributed by atoms with E-state index in [1.54, 1.807) is 7.11 Å². The fraction of sp³-hybridized carbons (Fsp3) is 0.875. The molecule has 6 atom stereocenters. The summed E-state index contributed by atoms with van der Waals surface area (Å²) in [6.45, 7) is 1.39. The second-order valence-electron chi connectivity index (χ2n) is 6.72. The lowest BCUT2D eigenvalue weighted by molar-refractivity contribution is -0.170. The molecule has 6 unspecified atom stereocenters. The Hall–Kier alpha value is -0.890. The highest BCUT2D eigenvalue weighted by atomic mass is 35.5. The van der Waals surface area contributed by atoms with Crippen LogP contribution in [-0.2, 0) is 19.0 Å². The van der Waals surface area contributed by atoms with E-state index in [1.165, 1.54) is 0 Å². The van der Waals surface area contributed by atoms with Crippen LogP contribution in [0.2, 0.25) is 0 Å². The van der Waals surface area contributed by atoms with Crippen LogP contribution >= 0.6 is 11.6 Å². The number of halogens is 1. The Morgan fingerprint density at radius 3 is 2.83 bits per heavy atom. The van der Waals surface area contributed by atoms with Crippen LogP contribution in [0.1, 0.15) is 32.1 Å². The first-order chi connectivity index (χ1) is 11.6. The number of unbranched alkanes of at least 4 members (excludes halogenated alkanes) is 1. The molecule has 0 radical (unpaired) electrons. The summed E-state index contributed by atoms with van der Waals surface area (Å²) in [6.07, 6.45) is 3.53. The normalized spacial score (nSPS) is 38.8. The molecule has 24 heavy (non-hydrogen) atoms. The van der Waals surface area contributed by atoms with Crippen molar-refractivity contribution in [3.63, 3.8) is 0 Å². The first-order valence-electron chi connectivity index (χ1n) is 8.61. The monoisotopic (exact) mass is 360 g/mol. The van der Waals surface area contributed by atoms with E-state index in [1.807, 2.05) is 0 Å². The number of rotatable bonds is 6. The first-order valence-corrected chi connectivity index (χ1v) is 9.05. The van der Waals surface area contributed by atoms with Crippen LogP contribution < -0.4 is 10.6 Å². The van der Waals surface area contributed by atoms with Gasteiger partial charge in [0.1, 0.15) is 6.23 Å². The molecule has 3 amide bonds. The SMILES string of the molecule is COCCCCOC1CCC2CC3C(=O)NC(=O)NC3OC2C1Cl. The summed E-state index contributed by atoms with van der Waals surface area (Å²) in [7, 11) is 1.69. The zero-order valence-corrected chi connectivity index (χ0v) is 14.6. The van der Waals surface area contributed by atoms with Crippen LogP contribution in [0.15, 0.2) is 0 Å². The lowest BCUT2D eigenvalue weighted by Gasteiger charge is -2.48. The highest BCUT2D eigenvalue weighted by Gasteiger charge is 2.50. The van der Waals surface area contributed by atoms with Gasteiger partial charge < -0.3 is 19.5 Å². The molecule has 8 heteroatoms. The van der Waals surface area contributed by atoms with Crippen molar-refractivity contribution in [1.82, 2.24) is 10.6 Å². The second kappa shape index (κ2) is 7.99. The van der Waals surface area contributed by atoms with Crippen LogP contribution in [0, 0.1) is 11.8 Å². The van der Waals surface area contributed by atoms with Crippen molar-refractivity contribution in [2.45, 2.75) is 55.9 Å². The second-order valence-corrected chi connectivity index (χ2v) is 7.22. The average Bonchev–Trinajstić information content (AvgIpc) is 2.55. The van der Waals surface area contributed by atoms with Crippen molar-refractivity contribution in [3.8, 4) is 0 Å². The number of urea groups is 1. The Morgan fingerprint density at radius 1 is 1.25 bits per heavy atom. The third kappa shape index (κ3) is 3.85. The van der Waals surface area contributed by atoms with E-state index < -0.39 is 12.3 Å². The van der Waals surface area contributed by atoms with Crippen molar-refractivity contribution in [1.29, 1.82) is 0 Å². The topological polar surface area (TPSA) is 85.9 Å². The number of imide groups is 1. The summed E-state index contributed by atoms with van der Waals surface area (Å²) in [6, 6.07) is -0.507. The number of fused-ring (bicyclic) bond motifs is 2. The molecule has 3 fully saturated rings. The molecule has 0 aromatic heterocycles. The molecule has 2 N–H and O–H groups in total. The van der Waals surface area contributed by atoms with Gasteiger partial charge in [-0.1, -0.05) is 0 Å². The minimum Gasteiger partial charge on any atom is -0.385 e. The molecule has 0 spiro atoms. The molecule has 1 saturated carbocycles. The smallest absolute Gasteiger partial charge is 0.323 e. The number of ether oxygens (including phenoxy) is 3. The van der Waals surface area contributed by atoms with Crippen LogP contribution in [0.4, 0.5) is 4.79 Å². The Labute approximate surface area is 146 Å². The maximum atomic E-state index is 12.0. The summed E-state index contributed by atoms with van der Waals surface area (Å²) >= 11 is 6.61. The highest BCUT2D eigenvalue weighted by Crippen LogP contribution is 2.41.